The Morgan fingerprint density at radius 2 is 2.05 bits per heavy atom. The molecular weight excluding hydrogens is 274 g/mol. The first-order chi connectivity index (χ1) is 9.90. The Labute approximate surface area is 125 Å². The second-order valence-electron chi connectivity index (χ2n) is 4.60. The molecule has 0 bridgehead atoms. The van der Waals surface area contributed by atoms with E-state index in [1.165, 1.54) is 4.90 Å². The molecule has 1 aliphatic heterocycles. The van der Waals surface area contributed by atoms with Crippen molar-refractivity contribution in [3.05, 3.63) is 18.2 Å². The van der Waals surface area contributed by atoms with E-state index in [0.717, 1.165) is 63.0 Å². The minimum absolute atomic E-state index is 0.741. The number of rotatable bonds is 8. The van der Waals surface area contributed by atoms with Gasteiger partial charge in [-0.3, -0.25) is 0 Å². The van der Waals surface area contributed by atoms with Crippen LogP contribution in [0.4, 0.5) is 0 Å². The van der Waals surface area contributed by atoms with Gasteiger partial charge in [0.2, 0.25) is 0 Å². The highest BCUT2D eigenvalue weighted by Gasteiger charge is 2.10. The first kappa shape index (κ1) is 15.5. The molecule has 0 atom stereocenters. The van der Waals surface area contributed by atoms with Crippen LogP contribution in [0.1, 0.15) is 12.8 Å². The number of hydrogen-bond acceptors (Lipinski definition) is 5. The SMILES string of the molecule is COCCNCCCSc1ccc2c(c1)OCCCO2. The third-order valence-corrected chi connectivity index (χ3v) is 4.05. The van der Waals surface area contributed by atoms with E-state index in [-0.39, 0.29) is 0 Å². The monoisotopic (exact) mass is 297 g/mol. The minimum atomic E-state index is 0.741. The van der Waals surface area contributed by atoms with Gasteiger partial charge < -0.3 is 19.5 Å². The van der Waals surface area contributed by atoms with Gasteiger partial charge in [0.15, 0.2) is 11.5 Å². The summed E-state index contributed by atoms with van der Waals surface area (Å²) in [5.41, 5.74) is 0. The molecule has 4 nitrogen and oxygen atoms in total. The number of nitrogens with one attached hydrogen (secondary N) is 1. The molecule has 0 saturated heterocycles. The molecule has 2 rings (SSSR count). The van der Waals surface area contributed by atoms with E-state index in [9.17, 15) is 0 Å². The van der Waals surface area contributed by atoms with E-state index < -0.39 is 0 Å². The third-order valence-electron chi connectivity index (χ3n) is 2.97. The van der Waals surface area contributed by atoms with Gasteiger partial charge in [0.05, 0.1) is 19.8 Å². The predicted molar refractivity (Wildman–Crippen MR) is 82.1 cm³/mol. The third kappa shape index (κ3) is 5.23. The van der Waals surface area contributed by atoms with Crippen LogP contribution in [0.15, 0.2) is 23.1 Å². The second-order valence-corrected chi connectivity index (χ2v) is 5.77. The van der Waals surface area contributed by atoms with Crippen molar-refractivity contribution in [1.29, 1.82) is 0 Å². The molecule has 1 aromatic carbocycles. The van der Waals surface area contributed by atoms with E-state index in [4.69, 9.17) is 14.2 Å². The van der Waals surface area contributed by atoms with Gasteiger partial charge in [0, 0.05) is 25.0 Å². The fourth-order valence-corrected chi connectivity index (χ4v) is 2.80. The van der Waals surface area contributed by atoms with Crippen molar-refractivity contribution >= 4 is 11.8 Å². The average Bonchev–Trinajstić information content (AvgIpc) is 2.71. The van der Waals surface area contributed by atoms with Crippen LogP contribution >= 0.6 is 11.8 Å². The van der Waals surface area contributed by atoms with Gasteiger partial charge in [0.25, 0.3) is 0 Å². The van der Waals surface area contributed by atoms with Gasteiger partial charge in [-0.2, -0.15) is 0 Å². The topological polar surface area (TPSA) is 39.7 Å². The maximum absolute atomic E-state index is 5.70. The summed E-state index contributed by atoms with van der Waals surface area (Å²) in [7, 11) is 1.72. The van der Waals surface area contributed by atoms with Crippen LogP contribution < -0.4 is 14.8 Å². The maximum Gasteiger partial charge on any atom is 0.162 e. The van der Waals surface area contributed by atoms with E-state index in [2.05, 4.69) is 17.4 Å². The second kappa shape index (κ2) is 9.10. The molecule has 0 amide bonds. The highest BCUT2D eigenvalue weighted by atomic mass is 32.2. The molecular formula is C15H23NO3S. The summed E-state index contributed by atoms with van der Waals surface area (Å²) < 4.78 is 16.3. The fourth-order valence-electron chi connectivity index (χ4n) is 1.92. The van der Waals surface area contributed by atoms with Crippen molar-refractivity contribution in [3.8, 4) is 11.5 Å². The Bertz CT molecular complexity index is 401. The van der Waals surface area contributed by atoms with Gasteiger partial charge >= 0.3 is 0 Å². The fraction of sp³-hybridized carbons (Fsp3) is 0.600. The van der Waals surface area contributed by atoms with Crippen molar-refractivity contribution in [3.63, 3.8) is 0 Å². The predicted octanol–water partition coefficient (Wildman–Crippen LogP) is 2.57. The molecule has 1 heterocycles. The summed E-state index contributed by atoms with van der Waals surface area (Å²) in [4.78, 5) is 1.24. The van der Waals surface area contributed by atoms with Crippen molar-refractivity contribution < 1.29 is 14.2 Å². The molecule has 1 aromatic rings. The summed E-state index contributed by atoms with van der Waals surface area (Å²) in [6, 6.07) is 6.21. The summed E-state index contributed by atoms with van der Waals surface area (Å²) >= 11 is 1.86. The smallest absolute Gasteiger partial charge is 0.162 e. The Balaban J connectivity index is 1.69. The largest absolute Gasteiger partial charge is 0.490 e. The zero-order valence-electron chi connectivity index (χ0n) is 12.0. The molecule has 0 unspecified atom stereocenters. The Kier molecular flexibility index (Phi) is 7.05. The van der Waals surface area contributed by atoms with Crippen LogP contribution in [-0.2, 0) is 4.74 Å². The molecule has 0 aliphatic carbocycles. The number of fused-ring (bicyclic) bond motifs is 1. The van der Waals surface area contributed by atoms with E-state index in [1.54, 1.807) is 7.11 Å². The lowest BCUT2D eigenvalue weighted by atomic mass is 10.3. The Morgan fingerprint density at radius 3 is 2.90 bits per heavy atom. The highest BCUT2D eigenvalue weighted by molar-refractivity contribution is 7.99. The lowest BCUT2D eigenvalue weighted by Gasteiger charge is -2.09. The molecule has 1 N–H and O–H groups in total. The average molecular weight is 297 g/mol. The quantitative estimate of drug-likeness (QED) is 0.590. The molecule has 0 saturated carbocycles. The van der Waals surface area contributed by atoms with Crippen LogP contribution in [0.5, 0.6) is 11.5 Å². The zero-order chi connectivity index (χ0) is 14.0. The van der Waals surface area contributed by atoms with Crippen LogP contribution in [0, 0.1) is 0 Å². The molecule has 0 fully saturated rings. The van der Waals surface area contributed by atoms with Crippen molar-refractivity contribution in [2.45, 2.75) is 17.7 Å². The van der Waals surface area contributed by atoms with Gasteiger partial charge in [-0.25, -0.2) is 0 Å². The summed E-state index contributed by atoms with van der Waals surface area (Å²) in [6.45, 7) is 4.21. The van der Waals surface area contributed by atoms with Crippen LogP contribution in [-0.4, -0.2) is 45.8 Å². The standard InChI is InChI=1S/C15H23NO3S/c1-17-10-7-16-6-2-11-20-13-4-5-14-15(12-13)19-9-3-8-18-14/h4-5,12,16H,2-3,6-11H2,1H3. The molecule has 0 radical (unpaired) electrons. The first-order valence-corrected chi connectivity index (χ1v) is 8.11. The number of thioether (sulfide) groups is 1. The number of hydrogen-bond donors (Lipinski definition) is 1. The van der Waals surface area contributed by atoms with Gasteiger partial charge in [-0.1, -0.05) is 0 Å². The molecule has 20 heavy (non-hydrogen) atoms. The Hall–Kier alpha value is -0.910. The van der Waals surface area contributed by atoms with Crippen LogP contribution in [0.25, 0.3) is 0 Å². The van der Waals surface area contributed by atoms with Crippen LogP contribution in [0.2, 0.25) is 0 Å². The van der Waals surface area contributed by atoms with E-state index in [0.29, 0.717) is 0 Å². The first-order valence-electron chi connectivity index (χ1n) is 7.12. The number of benzene rings is 1. The summed E-state index contributed by atoms with van der Waals surface area (Å²) in [6.07, 6.45) is 2.09. The van der Waals surface area contributed by atoms with Gasteiger partial charge in [0.1, 0.15) is 0 Å². The molecule has 112 valence electrons. The molecule has 0 aromatic heterocycles. The van der Waals surface area contributed by atoms with E-state index in [1.807, 2.05) is 17.8 Å². The number of ether oxygens (including phenoxy) is 3. The van der Waals surface area contributed by atoms with Gasteiger partial charge in [-0.15, -0.1) is 11.8 Å². The lowest BCUT2D eigenvalue weighted by molar-refractivity contribution is 0.199. The molecule has 1 aliphatic rings. The molecule has 5 heteroatoms. The lowest BCUT2D eigenvalue weighted by Crippen LogP contribution is -2.20. The summed E-state index contributed by atoms with van der Waals surface area (Å²) in [5, 5.41) is 3.35. The van der Waals surface area contributed by atoms with Crippen LogP contribution in [0.3, 0.4) is 0 Å². The minimum Gasteiger partial charge on any atom is -0.490 e. The van der Waals surface area contributed by atoms with Gasteiger partial charge in [-0.05, 0) is 36.9 Å². The van der Waals surface area contributed by atoms with E-state index >= 15 is 0 Å². The molecule has 0 spiro atoms. The highest BCUT2D eigenvalue weighted by Crippen LogP contribution is 2.33. The maximum atomic E-state index is 5.70. The summed E-state index contributed by atoms with van der Waals surface area (Å²) in [5.74, 6) is 2.85. The Morgan fingerprint density at radius 1 is 1.20 bits per heavy atom. The normalized spacial score (nSPS) is 14.1. The number of methoxy groups -OCH3 is 1. The van der Waals surface area contributed by atoms with Crippen molar-refractivity contribution in [1.82, 2.24) is 5.32 Å². The van der Waals surface area contributed by atoms with Crippen molar-refractivity contribution in [2.75, 3.05) is 45.8 Å². The van der Waals surface area contributed by atoms with Crippen molar-refractivity contribution in [2.24, 2.45) is 0 Å². The zero-order valence-corrected chi connectivity index (χ0v) is 12.8.